The third kappa shape index (κ3) is 6.00. The fraction of sp³-hybridized carbons (Fsp3) is 0.478. The lowest BCUT2D eigenvalue weighted by atomic mass is 9.90. The maximum atomic E-state index is 6.13. The molecule has 0 bridgehead atoms. The zero-order valence-electron chi connectivity index (χ0n) is 18.6. The molecule has 0 radical (unpaired) electrons. The molecule has 0 amide bonds. The van der Waals surface area contributed by atoms with Gasteiger partial charge in [-0.25, -0.2) is 4.98 Å². The Morgan fingerprint density at radius 3 is 2.57 bits per heavy atom. The van der Waals surface area contributed by atoms with E-state index in [4.69, 9.17) is 4.74 Å². The largest absolute Gasteiger partial charge is 0.487 e. The van der Waals surface area contributed by atoms with Gasteiger partial charge in [-0.1, -0.05) is 24.3 Å². The lowest BCUT2D eigenvalue weighted by molar-refractivity contribution is 0.0694. The van der Waals surface area contributed by atoms with Gasteiger partial charge in [-0.3, -0.25) is 4.99 Å². The van der Waals surface area contributed by atoms with Gasteiger partial charge in [0.1, 0.15) is 17.2 Å². The predicted molar refractivity (Wildman–Crippen MR) is 135 cm³/mol. The Hall–Kier alpha value is -2.03. The van der Waals surface area contributed by atoms with Crippen LogP contribution < -0.4 is 20.3 Å². The maximum Gasteiger partial charge on any atom is 0.191 e. The van der Waals surface area contributed by atoms with Crippen molar-refractivity contribution in [3.05, 3.63) is 53.7 Å². The van der Waals surface area contributed by atoms with Gasteiger partial charge < -0.3 is 20.3 Å². The molecule has 0 fully saturated rings. The second-order valence-electron chi connectivity index (χ2n) is 7.92. The summed E-state index contributed by atoms with van der Waals surface area (Å²) in [6.07, 6.45) is 2.80. The van der Waals surface area contributed by atoms with Gasteiger partial charge in [0, 0.05) is 44.9 Å². The molecule has 2 heterocycles. The number of fused-ring (bicyclic) bond motifs is 1. The molecular formula is C23H34IN5O. The van der Waals surface area contributed by atoms with Gasteiger partial charge in [-0.05, 0) is 45.4 Å². The van der Waals surface area contributed by atoms with Crippen molar-refractivity contribution in [3.8, 4) is 5.75 Å². The molecule has 3 rings (SSSR count). The Morgan fingerprint density at radius 2 is 1.93 bits per heavy atom. The SMILES string of the molecule is CCN(CC)c1ccc(CNC(=NC)NC2CC(C)(C)Oc3ccccc32)cn1.I. The van der Waals surface area contributed by atoms with Crippen LogP contribution >= 0.6 is 24.0 Å². The number of ether oxygens (including phenoxy) is 1. The summed E-state index contributed by atoms with van der Waals surface area (Å²) in [4.78, 5) is 11.3. The van der Waals surface area contributed by atoms with Crippen molar-refractivity contribution in [1.29, 1.82) is 0 Å². The number of halogens is 1. The van der Waals surface area contributed by atoms with E-state index in [0.717, 1.165) is 42.6 Å². The van der Waals surface area contributed by atoms with Crippen molar-refractivity contribution in [3.63, 3.8) is 0 Å². The minimum atomic E-state index is -0.227. The van der Waals surface area contributed by atoms with Crippen molar-refractivity contribution in [2.75, 3.05) is 25.0 Å². The van der Waals surface area contributed by atoms with Crippen LogP contribution in [0.15, 0.2) is 47.6 Å². The highest BCUT2D eigenvalue weighted by Gasteiger charge is 2.33. The summed E-state index contributed by atoms with van der Waals surface area (Å²) < 4.78 is 6.13. The number of nitrogens with zero attached hydrogens (tertiary/aromatic N) is 3. The van der Waals surface area contributed by atoms with E-state index in [2.05, 4.69) is 77.5 Å². The van der Waals surface area contributed by atoms with Gasteiger partial charge in [0.2, 0.25) is 0 Å². The van der Waals surface area contributed by atoms with Crippen molar-refractivity contribution in [2.24, 2.45) is 4.99 Å². The van der Waals surface area contributed by atoms with Crippen LogP contribution in [0.3, 0.4) is 0 Å². The number of nitrogens with one attached hydrogen (secondary N) is 2. The smallest absolute Gasteiger partial charge is 0.191 e. The van der Waals surface area contributed by atoms with E-state index in [9.17, 15) is 0 Å². The molecule has 0 saturated heterocycles. The van der Waals surface area contributed by atoms with Crippen LogP contribution in [-0.4, -0.2) is 36.7 Å². The standard InChI is InChI=1S/C23H33N5O.HI/c1-6-28(7-2)21-13-12-17(15-25-21)16-26-22(24-5)27-19-14-23(3,4)29-20-11-9-8-10-18(19)20;/h8-13,15,19H,6-7,14,16H2,1-5H3,(H2,24,26,27);1H. The summed E-state index contributed by atoms with van der Waals surface area (Å²) in [5.41, 5.74) is 2.06. The summed E-state index contributed by atoms with van der Waals surface area (Å²) in [7, 11) is 1.80. The van der Waals surface area contributed by atoms with Gasteiger partial charge in [-0.2, -0.15) is 0 Å². The molecule has 6 nitrogen and oxygen atoms in total. The van der Waals surface area contributed by atoms with Crippen LogP contribution in [0.1, 0.15) is 51.3 Å². The molecule has 1 aliphatic rings. The zero-order chi connectivity index (χ0) is 20.9. The highest BCUT2D eigenvalue weighted by molar-refractivity contribution is 14.0. The maximum absolute atomic E-state index is 6.13. The van der Waals surface area contributed by atoms with E-state index < -0.39 is 0 Å². The van der Waals surface area contributed by atoms with Crippen LogP contribution in [-0.2, 0) is 6.54 Å². The van der Waals surface area contributed by atoms with Crippen LogP contribution in [0.4, 0.5) is 5.82 Å². The number of pyridine rings is 1. The van der Waals surface area contributed by atoms with Crippen LogP contribution in [0.25, 0.3) is 0 Å². The minimum Gasteiger partial charge on any atom is -0.487 e. The molecular weight excluding hydrogens is 489 g/mol. The van der Waals surface area contributed by atoms with Crippen molar-refractivity contribution < 1.29 is 4.74 Å². The van der Waals surface area contributed by atoms with Gasteiger partial charge in [0.05, 0.1) is 6.04 Å². The number of guanidine groups is 1. The molecule has 0 aliphatic carbocycles. The normalized spacial score (nSPS) is 17.2. The number of hydrogen-bond acceptors (Lipinski definition) is 4. The Bertz CT molecular complexity index is 834. The minimum absolute atomic E-state index is 0. The number of benzene rings is 1. The van der Waals surface area contributed by atoms with E-state index in [-0.39, 0.29) is 35.6 Å². The van der Waals surface area contributed by atoms with Gasteiger partial charge in [-0.15, -0.1) is 24.0 Å². The molecule has 1 aliphatic heterocycles. The number of aliphatic imine (C=N–C) groups is 1. The quantitative estimate of drug-likeness (QED) is 0.332. The first-order chi connectivity index (χ1) is 14.0. The number of para-hydroxylation sites is 1. The molecule has 1 unspecified atom stereocenters. The average molecular weight is 523 g/mol. The van der Waals surface area contributed by atoms with Gasteiger partial charge >= 0.3 is 0 Å². The lowest BCUT2D eigenvalue weighted by Gasteiger charge is -2.38. The summed E-state index contributed by atoms with van der Waals surface area (Å²) in [5, 5.41) is 6.98. The third-order valence-electron chi connectivity index (χ3n) is 5.27. The lowest BCUT2D eigenvalue weighted by Crippen LogP contribution is -2.45. The first-order valence-corrected chi connectivity index (χ1v) is 10.4. The second-order valence-corrected chi connectivity index (χ2v) is 7.92. The molecule has 1 aromatic carbocycles. The van der Waals surface area contributed by atoms with Crippen LogP contribution in [0, 0.1) is 0 Å². The van der Waals surface area contributed by atoms with Gasteiger partial charge in [0.25, 0.3) is 0 Å². The highest BCUT2D eigenvalue weighted by Crippen LogP contribution is 2.39. The zero-order valence-corrected chi connectivity index (χ0v) is 20.9. The average Bonchev–Trinajstić information content (AvgIpc) is 2.72. The fourth-order valence-electron chi connectivity index (χ4n) is 3.73. The predicted octanol–water partition coefficient (Wildman–Crippen LogP) is 4.51. The third-order valence-corrected chi connectivity index (χ3v) is 5.27. The summed E-state index contributed by atoms with van der Waals surface area (Å²) in [6.45, 7) is 11.1. The Kier molecular flexibility index (Phi) is 8.76. The monoisotopic (exact) mass is 523 g/mol. The summed E-state index contributed by atoms with van der Waals surface area (Å²) in [6, 6.07) is 12.6. The Labute approximate surface area is 197 Å². The molecule has 0 saturated carbocycles. The highest BCUT2D eigenvalue weighted by atomic mass is 127. The first kappa shape index (κ1) is 24.2. The summed E-state index contributed by atoms with van der Waals surface area (Å²) >= 11 is 0. The first-order valence-electron chi connectivity index (χ1n) is 10.4. The van der Waals surface area contributed by atoms with E-state index >= 15 is 0 Å². The Morgan fingerprint density at radius 1 is 1.20 bits per heavy atom. The molecule has 30 heavy (non-hydrogen) atoms. The van der Waals surface area contributed by atoms with Crippen molar-refractivity contribution in [2.45, 2.75) is 52.3 Å². The van der Waals surface area contributed by atoms with E-state index in [1.165, 1.54) is 5.56 Å². The number of anilines is 1. The molecule has 1 atom stereocenters. The molecule has 164 valence electrons. The topological polar surface area (TPSA) is 61.8 Å². The molecule has 2 aromatic rings. The molecule has 7 heteroatoms. The van der Waals surface area contributed by atoms with Crippen LogP contribution in [0.5, 0.6) is 5.75 Å². The van der Waals surface area contributed by atoms with Crippen molar-refractivity contribution in [1.82, 2.24) is 15.6 Å². The number of rotatable bonds is 6. The second kappa shape index (κ2) is 10.8. The molecule has 2 N–H and O–H groups in total. The number of hydrogen-bond donors (Lipinski definition) is 2. The molecule has 1 aromatic heterocycles. The Balaban J connectivity index is 0.00000320. The van der Waals surface area contributed by atoms with E-state index in [1.54, 1.807) is 7.05 Å². The molecule has 0 spiro atoms. The summed E-state index contributed by atoms with van der Waals surface area (Å²) in [5.74, 6) is 2.73. The van der Waals surface area contributed by atoms with E-state index in [0.29, 0.717) is 6.54 Å². The van der Waals surface area contributed by atoms with Crippen molar-refractivity contribution >= 4 is 35.8 Å². The van der Waals surface area contributed by atoms with E-state index in [1.807, 2.05) is 18.3 Å². The fourth-order valence-corrected chi connectivity index (χ4v) is 3.73. The van der Waals surface area contributed by atoms with Crippen LogP contribution in [0.2, 0.25) is 0 Å². The van der Waals surface area contributed by atoms with Gasteiger partial charge in [0.15, 0.2) is 5.96 Å². The number of aromatic nitrogens is 1.